The van der Waals surface area contributed by atoms with Crippen molar-refractivity contribution in [2.75, 3.05) is 13.1 Å². The standard InChI is InChI=1S/C12H14BrNO/c13-11-3-1-10(2-4-11)12(9-15)5-7-14-8-6-12/h1-4,9,14H,5-8H2. The molecule has 1 aromatic carbocycles. The zero-order chi connectivity index (χ0) is 10.7. The lowest BCUT2D eigenvalue weighted by Gasteiger charge is -2.33. The van der Waals surface area contributed by atoms with Crippen LogP contribution in [0, 0.1) is 0 Å². The first-order valence-electron chi connectivity index (χ1n) is 5.20. The van der Waals surface area contributed by atoms with Crippen molar-refractivity contribution in [1.82, 2.24) is 5.32 Å². The molecule has 0 aromatic heterocycles. The average molecular weight is 268 g/mol. The first-order chi connectivity index (χ1) is 7.27. The van der Waals surface area contributed by atoms with Crippen LogP contribution in [0.2, 0.25) is 0 Å². The van der Waals surface area contributed by atoms with E-state index in [1.807, 2.05) is 24.3 Å². The van der Waals surface area contributed by atoms with Gasteiger partial charge in [0.2, 0.25) is 0 Å². The van der Waals surface area contributed by atoms with Gasteiger partial charge in [-0.1, -0.05) is 28.1 Å². The van der Waals surface area contributed by atoms with Gasteiger partial charge >= 0.3 is 0 Å². The molecule has 1 aliphatic heterocycles. The van der Waals surface area contributed by atoms with Crippen molar-refractivity contribution in [1.29, 1.82) is 0 Å². The molecule has 15 heavy (non-hydrogen) atoms. The maximum Gasteiger partial charge on any atom is 0.130 e. The second-order valence-corrected chi connectivity index (χ2v) is 4.95. The highest BCUT2D eigenvalue weighted by molar-refractivity contribution is 9.10. The minimum atomic E-state index is -0.258. The smallest absolute Gasteiger partial charge is 0.130 e. The second kappa shape index (κ2) is 4.45. The van der Waals surface area contributed by atoms with Crippen LogP contribution in [0.25, 0.3) is 0 Å². The number of piperidine rings is 1. The van der Waals surface area contributed by atoms with Crippen LogP contribution < -0.4 is 5.32 Å². The quantitative estimate of drug-likeness (QED) is 0.834. The van der Waals surface area contributed by atoms with E-state index in [0.29, 0.717) is 0 Å². The van der Waals surface area contributed by atoms with Crippen LogP contribution in [-0.4, -0.2) is 19.4 Å². The summed E-state index contributed by atoms with van der Waals surface area (Å²) < 4.78 is 1.06. The molecule has 2 rings (SSSR count). The van der Waals surface area contributed by atoms with E-state index in [9.17, 15) is 4.79 Å². The number of nitrogens with one attached hydrogen (secondary N) is 1. The number of carbonyl (C=O) groups is 1. The first kappa shape index (κ1) is 10.8. The summed E-state index contributed by atoms with van der Waals surface area (Å²) in [4.78, 5) is 11.3. The molecule has 1 N–H and O–H groups in total. The molecule has 0 unspecified atom stereocenters. The van der Waals surface area contributed by atoms with Gasteiger partial charge in [0, 0.05) is 4.47 Å². The Morgan fingerprint density at radius 3 is 2.33 bits per heavy atom. The lowest BCUT2D eigenvalue weighted by Crippen LogP contribution is -2.41. The minimum absolute atomic E-state index is 0.258. The Hall–Kier alpha value is -0.670. The highest BCUT2D eigenvalue weighted by atomic mass is 79.9. The van der Waals surface area contributed by atoms with E-state index in [1.165, 1.54) is 0 Å². The molecule has 1 aliphatic rings. The van der Waals surface area contributed by atoms with Gasteiger partial charge in [0.15, 0.2) is 0 Å². The fourth-order valence-corrected chi connectivity index (χ4v) is 2.39. The van der Waals surface area contributed by atoms with E-state index in [-0.39, 0.29) is 5.41 Å². The van der Waals surface area contributed by atoms with Crippen LogP contribution >= 0.6 is 15.9 Å². The number of benzene rings is 1. The van der Waals surface area contributed by atoms with E-state index in [1.54, 1.807) is 0 Å². The predicted octanol–water partition coefficient (Wildman–Crippen LogP) is 2.27. The van der Waals surface area contributed by atoms with E-state index in [4.69, 9.17) is 0 Å². The first-order valence-corrected chi connectivity index (χ1v) is 5.99. The Kier molecular flexibility index (Phi) is 3.22. The van der Waals surface area contributed by atoms with E-state index >= 15 is 0 Å². The summed E-state index contributed by atoms with van der Waals surface area (Å²) in [5.41, 5.74) is 0.883. The number of rotatable bonds is 2. The van der Waals surface area contributed by atoms with Gasteiger partial charge in [-0.2, -0.15) is 0 Å². The second-order valence-electron chi connectivity index (χ2n) is 4.03. The summed E-state index contributed by atoms with van der Waals surface area (Å²) in [7, 11) is 0. The Morgan fingerprint density at radius 1 is 1.20 bits per heavy atom. The maximum atomic E-state index is 11.3. The summed E-state index contributed by atoms with van der Waals surface area (Å²) in [6, 6.07) is 8.10. The van der Waals surface area contributed by atoms with Gasteiger partial charge in [-0.05, 0) is 43.6 Å². The molecule has 1 saturated heterocycles. The topological polar surface area (TPSA) is 29.1 Å². The number of aldehydes is 1. The number of hydrogen-bond donors (Lipinski definition) is 1. The van der Waals surface area contributed by atoms with Gasteiger partial charge in [0.25, 0.3) is 0 Å². The molecule has 80 valence electrons. The predicted molar refractivity (Wildman–Crippen MR) is 64.0 cm³/mol. The van der Waals surface area contributed by atoms with Gasteiger partial charge in [0.05, 0.1) is 5.41 Å². The summed E-state index contributed by atoms with van der Waals surface area (Å²) >= 11 is 3.41. The van der Waals surface area contributed by atoms with Crippen LogP contribution in [0.4, 0.5) is 0 Å². The van der Waals surface area contributed by atoms with Crippen molar-refractivity contribution in [2.24, 2.45) is 0 Å². The van der Waals surface area contributed by atoms with E-state index in [0.717, 1.165) is 42.3 Å². The third kappa shape index (κ3) is 2.13. The molecular formula is C12H14BrNO. The van der Waals surface area contributed by atoms with Crippen molar-refractivity contribution in [3.8, 4) is 0 Å². The van der Waals surface area contributed by atoms with Crippen LogP contribution in [0.5, 0.6) is 0 Å². The lowest BCUT2D eigenvalue weighted by molar-refractivity contribution is -0.113. The number of carbonyl (C=O) groups excluding carboxylic acids is 1. The Bertz CT molecular complexity index is 341. The molecule has 0 bridgehead atoms. The summed E-state index contributed by atoms with van der Waals surface area (Å²) in [6.45, 7) is 1.85. The number of hydrogen-bond acceptors (Lipinski definition) is 2. The van der Waals surface area contributed by atoms with Gasteiger partial charge in [-0.25, -0.2) is 0 Å². The fourth-order valence-electron chi connectivity index (χ4n) is 2.13. The highest BCUT2D eigenvalue weighted by Crippen LogP contribution is 2.31. The van der Waals surface area contributed by atoms with Crippen LogP contribution in [-0.2, 0) is 10.2 Å². The minimum Gasteiger partial charge on any atom is -0.317 e. The molecule has 1 aromatic rings. The average Bonchev–Trinajstić information content (AvgIpc) is 2.31. The van der Waals surface area contributed by atoms with Crippen LogP contribution in [0.1, 0.15) is 18.4 Å². The molecule has 0 saturated carbocycles. The molecule has 0 spiro atoms. The summed E-state index contributed by atoms with van der Waals surface area (Å²) in [6.07, 6.45) is 2.92. The Morgan fingerprint density at radius 2 is 1.80 bits per heavy atom. The van der Waals surface area contributed by atoms with Crippen molar-refractivity contribution in [3.63, 3.8) is 0 Å². The zero-order valence-electron chi connectivity index (χ0n) is 8.50. The number of halogens is 1. The SMILES string of the molecule is O=CC1(c2ccc(Br)cc2)CCNCC1. The molecular weight excluding hydrogens is 254 g/mol. The Balaban J connectivity index is 2.32. The lowest BCUT2D eigenvalue weighted by atomic mass is 9.74. The zero-order valence-corrected chi connectivity index (χ0v) is 10.1. The van der Waals surface area contributed by atoms with E-state index < -0.39 is 0 Å². The molecule has 0 atom stereocenters. The van der Waals surface area contributed by atoms with Crippen molar-refractivity contribution >= 4 is 22.2 Å². The van der Waals surface area contributed by atoms with Gasteiger partial charge in [0.1, 0.15) is 6.29 Å². The van der Waals surface area contributed by atoms with E-state index in [2.05, 4.69) is 21.2 Å². The monoisotopic (exact) mass is 267 g/mol. The molecule has 0 radical (unpaired) electrons. The normalized spacial score (nSPS) is 19.8. The summed E-state index contributed by atoms with van der Waals surface area (Å²) in [5, 5.41) is 3.29. The molecule has 0 aliphatic carbocycles. The van der Waals surface area contributed by atoms with Gasteiger partial charge in [-0.15, -0.1) is 0 Å². The Labute approximate surface area is 98.2 Å². The highest BCUT2D eigenvalue weighted by Gasteiger charge is 2.33. The van der Waals surface area contributed by atoms with Crippen LogP contribution in [0.15, 0.2) is 28.7 Å². The van der Waals surface area contributed by atoms with Gasteiger partial charge < -0.3 is 10.1 Å². The van der Waals surface area contributed by atoms with Crippen molar-refractivity contribution in [3.05, 3.63) is 34.3 Å². The van der Waals surface area contributed by atoms with Crippen molar-refractivity contribution < 1.29 is 4.79 Å². The van der Waals surface area contributed by atoms with Crippen molar-refractivity contribution in [2.45, 2.75) is 18.3 Å². The fraction of sp³-hybridized carbons (Fsp3) is 0.417. The molecule has 1 fully saturated rings. The van der Waals surface area contributed by atoms with Crippen LogP contribution in [0.3, 0.4) is 0 Å². The third-order valence-electron chi connectivity index (χ3n) is 3.14. The molecule has 1 heterocycles. The molecule has 2 nitrogen and oxygen atoms in total. The third-order valence-corrected chi connectivity index (χ3v) is 3.67. The summed E-state index contributed by atoms with van der Waals surface area (Å²) in [5.74, 6) is 0. The largest absolute Gasteiger partial charge is 0.317 e. The molecule has 3 heteroatoms. The maximum absolute atomic E-state index is 11.3. The molecule has 0 amide bonds. The van der Waals surface area contributed by atoms with Gasteiger partial charge in [-0.3, -0.25) is 0 Å².